The molecule has 1 aromatic heterocycles. The van der Waals surface area contributed by atoms with Gasteiger partial charge in [-0.15, -0.1) is 0 Å². The second-order valence-electron chi connectivity index (χ2n) is 5.23. The zero-order chi connectivity index (χ0) is 18.2. The third-order valence-electron chi connectivity index (χ3n) is 3.20. The topological polar surface area (TPSA) is 143 Å². The molecule has 3 N–H and O–H groups in total. The summed E-state index contributed by atoms with van der Waals surface area (Å²) >= 11 is 0. The minimum absolute atomic E-state index is 0.193. The maximum absolute atomic E-state index is 11.1. The van der Waals surface area contributed by atoms with E-state index in [1.807, 2.05) is 0 Å². The smallest absolute Gasteiger partial charge is 0.360 e. The molecule has 1 atom stereocenters. The predicted molar refractivity (Wildman–Crippen MR) is 79.1 cm³/mol. The molecule has 0 saturated heterocycles. The van der Waals surface area contributed by atoms with Crippen LogP contribution >= 0.6 is 0 Å². The van der Waals surface area contributed by atoms with Crippen molar-refractivity contribution in [3.05, 3.63) is 18.2 Å². The summed E-state index contributed by atoms with van der Waals surface area (Å²) < 4.78 is 14.9. The summed E-state index contributed by atoms with van der Waals surface area (Å²) in [5.74, 6) is -0.988. The first-order valence-corrected chi connectivity index (χ1v) is 7.14. The van der Waals surface area contributed by atoms with Gasteiger partial charge in [0.1, 0.15) is 0 Å². The van der Waals surface area contributed by atoms with Crippen LogP contribution in [0, 0.1) is 5.41 Å². The number of imidazole rings is 1. The summed E-state index contributed by atoms with van der Waals surface area (Å²) in [6, 6.07) is 0. The lowest BCUT2D eigenvalue weighted by molar-refractivity contribution is -0.164. The number of carbonyl (C=O) groups excluding carboxylic acids is 3. The summed E-state index contributed by atoms with van der Waals surface area (Å²) in [6.07, 6.45) is 3.44. The van der Waals surface area contributed by atoms with Crippen LogP contribution in [-0.2, 0) is 30.8 Å². The third kappa shape index (κ3) is 5.97. The molecule has 1 heterocycles. The maximum atomic E-state index is 11.1. The number of aliphatic hydroxyl groups excluding tert-OH is 1. The van der Waals surface area contributed by atoms with Crippen LogP contribution in [0.5, 0.6) is 0 Å². The number of hydrogen-bond acceptors (Lipinski definition) is 9. The molecule has 1 aromatic rings. The molecular weight excluding hydrogens is 322 g/mol. The fourth-order valence-corrected chi connectivity index (χ4v) is 1.64. The Hall–Kier alpha value is -2.46. The highest BCUT2D eigenvalue weighted by molar-refractivity contribution is 5.86. The molecule has 0 spiro atoms. The monoisotopic (exact) mass is 343 g/mol. The van der Waals surface area contributed by atoms with Crippen LogP contribution in [0.4, 0.5) is 0 Å². The van der Waals surface area contributed by atoms with Gasteiger partial charge in [0.2, 0.25) is 6.79 Å². The molecule has 10 heteroatoms. The molecule has 1 unspecified atom stereocenters. The second kappa shape index (κ2) is 8.99. The highest BCUT2D eigenvalue weighted by Gasteiger charge is 2.50. The first-order valence-electron chi connectivity index (χ1n) is 7.14. The number of aromatic nitrogens is 2. The number of nitrogens with two attached hydrogens (primary N) is 1. The first-order chi connectivity index (χ1) is 11.3. The van der Waals surface area contributed by atoms with Gasteiger partial charge >= 0.3 is 11.9 Å². The largest absolute Gasteiger partial charge is 0.432 e. The van der Waals surface area contributed by atoms with Crippen molar-refractivity contribution in [1.29, 1.82) is 0 Å². The highest BCUT2D eigenvalue weighted by atomic mass is 16.7. The van der Waals surface area contributed by atoms with Crippen molar-refractivity contribution in [3.63, 3.8) is 0 Å². The van der Waals surface area contributed by atoms with Crippen molar-refractivity contribution < 1.29 is 33.7 Å². The normalized spacial score (nSPS) is 15.3. The second-order valence-corrected chi connectivity index (χ2v) is 5.23. The summed E-state index contributed by atoms with van der Waals surface area (Å²) in [4.78, 5) is 35.6. The Morgan fingerprint density at radius 3 is 2.62 bits per heavy atom. The van der Waals surface area contributed by atoms with Crippen LogP contribution in [0.1, 0.15) is 30.3 Å². The number of nitrogens with zero attached hydrogens (tertiary/aromatic N) is 2. The summed E-state index contributed by atoms with van der Waals surface area (Å²) in [5, 5.41) is 8.71. The summed E-state index contributed by atoms with van der Waals surface area (Å²) in [7, 11) is 1.74. The van der Waals surface area contributed by atoms with Crippen LogP contribution < -0.4 is 5.73 Å². The first kappa shape index (κ1) is 19.6. The fourth-order valence-electron chi connectivity index (χ4n) is 1.64. The minimum Gasteiger partial charge on any atom is -0.432 e. The van der Waals surface area contributed by atoms with E-state index in [0.717, 1.165) is 12.8 Å². The van der Waals surface area contributed by atoms with E-state index in [4.69, 9.17) is 10.8 Å². The number of rotatable bonds is 7. The van der Waals surface area contributed by atoms with Crippen LogP contribution in [0.3, 0.4) is 0 Å². The van der Waals surface area contributed by atoms with Gasteiger partial charge in [0, 0.05) is 19.8 Å². The van der Waals surface area contributed by atoms with Crippen LogP contribution in [0.15, 0.2) is 12.5 Å². The highest BCUT2D eigenvalue weighted by Crippen LogP contribution is 2.45. The quantitative estimate of drug-likeness (QED) is 0.284. The number of carbonyl (C=O) groups is 3. The number of aliphatic hydroxyl groups is 1. The number of ether oxygens (including phenoxy) is 3. The molecule has 0 aromatic carbocycles. The van der Waals surface area contributed by atoms with E-state index in [9.17, 15) is 14.4 Å². The van der Waals surface area contributed by atoms with E-state index in [1.54, 1.807) is 11.6 Å². The van der Waals surface area contributed by atoms with Gasteiger partial charge in [-0.05, 0) is 19.8 Å². The van der Waals surface area contributed by atoms with Crippen molar-refractivity contribution in [2.75, 3.05) is 13.3 Å². The number of esters is 2. The number of aryl methyl sites for hydroxylation is 1. The van der Waals surface area contributed by atoms with E-state index in [2.05, 4.69) is 19.2 Å². The fraction of sp³-hybridized carbons (Fsp3) is 0.571. The Bertz CT molecular complexity index is 566. The Labute approximate surface area is 138 Å². The molecule has 1 fully saturated rings. The SMILES string of the molecule is CC(O)OC(=O)c1cn(C)cn1.NCC1(C(=O)OCOC=O)CC1. The molecule has 0 radical (unpaired) electrons. The van der Waals surface area contributed by atoms with Crippen molar-refractivity contribution in [2.45, 2.75) is 26.1 Å². The molecule has 134 valence electrons. The van der Waals surface area contributed by atoms with Crippen LogP contribution in [0.2, 0.25) is 0 Å². The van der Waals surface area contributed by atoms with E-state index in [0.29, 0.717) is 6.54 Å². The molecule has 24 heavy (non-hydrogen) atoms. The van der Waals surface area contributed by atoms with Crippen molar-refractivity contribution in [1.82, 2.24) is 9.55 Å². The number of hydrogen-bond donors (Lipinski definition) is 2. The van der Waals surface area contributed by atoms with E-state index >= 15 is 0 Å². The Morgan fingerprint density at radius 2 is 2.21 bits per heavy atom. The van der Waals surface area contributed by atoms with Gasteiger partial charge in [-0.2, -0.15) is 0 Å². The van der Waals surface area contributed by atoms with Gasteiger partial charge in [-0.1, -0.05) is 0 Å². The van der Waals surface area contributed by atoms with E-state index < -0.39 is 17.7 Å². The minimum atomic E-state index is -1.10. The molecule has 1 aliphatic rings. The lowest BCUT2D eigenvalue weighted by Gasteiger charge is -2.10. The van der Waals surface area contributed by atoms with Crippen molar-refractivity contribution >= 4 is 18.4 Å². The van der Waals surface area contributed by atoms with E-state index in [1.165, 1.54) is 19.4 Å². The molecule has 10 nitrogen and oxygen atoms in total. The van der Waals surface area contributed by atoms with Gasteiger partial charge in [-0.3, -0.25) is 9.59 Å². The van der Waals surface area contributed by atoms with Crippen molar-refractivity contribution in [2.24, 2.45) is 18.2 Å². The Kier molecular flexibility index (Phi) is 7.33. The third-order valence-corrected chi connectivity index (χ3v) is 3.20. The lowest BCUT2D eigenvalue weighted by atomic mass is 10.1. The van der Waals surface area contributed by atoms with E-state index in [-0.39, 0.29) is 24.9 Å². The van der Waals surface area contributed by atoms with Gasteiger partial charge in [0.15, 0.2) is 12.0 Å². The molecule has 0 amide bonds. The van der Waals surface area contributed by atoms with Crippen LogP contribution in [-0.4, -0.2) is 52.7 Å². The van der Waals surface area contributed by atoms with Gasteiger partial charge in [-0.25, -0.2) is 9.78 Å². The van der Waals surface area contributed by atoms with Gasteiger partial charge in [0.05, 0.1) is 11.7 Å². The Morgan fingerprint density at radius 1 is 1.54 bits per heavy atom. The molecule has 0 bridgehead atoms. The van der Waals surface area contributed by atoms with Gasteiger partial charge < -0.3 is 29.6 Å². The zero-order valence-corrected chi connectivity index (χ0v) is 13.5. The lowest BCUT2D eigenvalue weighted by Crippen LogP contribution is -2.27. The average Bonchev–Trinajstić information content (AvgIpc) is 3.22. The summed E-state index contributed by atoms with van der Waals surface area (Å²) in [5.41, 5.74) is 5.08. The average molecular weight is 343 g/mol. The zero-order valence-electron chi connectivity index (χ0n) is 13.5. The predicted octanol–water partition coefficient (Wildman–Crippen LogP) is -0.686. The standard InChI is InChI=1S/C7H10N2O3.C7H11NO4/c1-5(10)12-7(11)6-3-9(2)4-8-6;8-3-7(1-2-7)6(10)12-5-11-4-9/h3-5,10H,1-2H3;4H,1-3,5,8H2. The Balaban J connectivity index is 0.000000240. The summed E-state index contributed by atoms with van der Waals surface area (Å²) in [6.45, 7) is 1.58. The molecule has 0 aliphatic heterocycles. The maximum Gasteiger partial charge on any atom is 0.360 e. The molecule has 1 aliphatic carbocycles. The van der Waals surface area contributed by atoms with Crippen LogP contribution in [0.25, 0.3) is 0 Å². The molecular formula is C14H21N3O7. The molecule has 2 rings (SSSR count). The molecule has 1 saturated carbocycles. The van der Waals surface area contributed by atoms with Gasteiger partial charge in [0.25, 0.3) is 6.47 Å². The van der Waals surface area contributed by atoms with Crippen molar-refractivity contribution in [3.8, 4) is 0 Å².